The molecule has 0 fully saturated rings. The second-order valence-corrected chi connectivity index (χ2v) is 3.47. The quantitative estimate of drug-likeness (QED) is 0.616. The molecule has 0 bridgehead atoms. The zero-order valence-corrected chi connectivity index (χ0v) is 8.64. The van der Waals surface area contributed by atoms with Crippen molar-refractivity contribution in [2.24, 2.45) is 0 Å². The van der Waals surface area contributed by atoms with E-state index in [0.29, 0.717) is 18.7 Å². The molecular formula is C10H23NO. The van der Waals surface area contributed by atoms with Gasteiger partial charge in [0, 0.05) is 18.7 Å². The lowest BCUT2D eigenvalue weighted by Crippen LogP contribution is -2.36. The molecule has 0 heterocycles. The summed E-state index contributed by atoms with van der Waals surface area (Å²) < 4.78 is 0. The Morgan fingerprint density at radius 2 is 1.92 bits per heavy atom. The minimum Gasteiger partial charge on any atom is -0.396 e. The number of aliphatic hydroxyl groups excluding tert-OH is 1. The van der Waals surface area contributed by atoms with Crippen LogP contribution in [0.4, 0.5) is 0 Å². The molecule has 0 spiro atoms. The van der Waals surface area contributed by atoms with Crippen LogP contribution in [0.25, 0.3) is 0 Å². The van der Waals surface area contributed by atoms with Crippen LogP contribution in [0.5, 0.6) is 0 Å². The van der Waals surface area contributed by atoms with E-state index in [1.54, 1.807) is 0 Å². The summed E-state index contributed by atoms with van der Waals surface area (Å²) in [6.07, 6.45) is 4.44. The molecule has 0 aromatic heterocycles. The van der Waals surface area contributed by atoms with E-state index >= 15 is 0 Å². The molecule has 0 aliphatic carbocycles. The molecular weight excluding hydrogens is 150 g/mol. The van der Waals surface area contributed by atoms with E-state index in [0.717, 1.165) is 12.8 Å². The van der Waals surface area contributed by atoms with Crippen LogP contribution in [0.2, 0.25) is 0 Å². The Morgan fingerprint density at radius 1 is 1.25 bits per heavy atom. The number of hydrogen-bond acceptors (Lipinski definition) is 2. The molecule has 0 amide bonds. The van der Waals surface area contributed by atoms with Crippen LogP contribution in [-0.2, 0) is 0 Å². The zero-order valence-electron chi connectivity index (χ0n) is 8.64. The molecule has 2 unspecified atom stereocenters. The monoisotopic (exact) mass is 173 g/mol. The second kappa shape index (κ2) is 7.56. The van der Waals surface area contributed by atoms with Crippen LogP contribution >= 0.6 is 0 Å². The lowest BCUT2D eigenvalue weighted by Gasteiger charge is -2.21. The van der Waals surface area contributed by atoms with Gasteiger partial charge < -0.3 is 10.4 Å². The highest BCUT2D eigenvalue weighted by molar-refractivity contribution is 4.69. The Labute approximate surface area is 76.4 Å². The smallest absolute Gasteiger partial charge is 0.0445 e. The number of rotatable bonds is 7. The third kappa shape index (κ3) is 5.56. The molecule has 0 aromatic carbocycles. The Hall–Kier alpha value is -0.0800. The maximum atomic E-state index is 8.77. The normalized spacial score (nSPS) is 16.0. The van der Waals surface area contributed by atoms with Gasteiger partial charge in [-0.05, 0) is 26.2 Å². The van der Waals surface area contributed by atoms with Crippen LogP contribution in [0.3, 0.4) is 0 Å². The summed E-state index contributed by atoms with van der Waals surface area (Å²) in [5.41, 5.74) is 0. The van der Waals surface area contributed by atoms with Crippen molar-refractivity contribution in [2.45, 2.75) is 58.5 Å². The lowest BCUT2D eigenvalue weighted by atomic mass is 10.1. The molecule has 2 N–H and O–H groups in total. The summed E-state index contributed by atoms with van der Waals surface area (Å²) >= 11 is 0. The van der Waals surface area contributed by atoms with Crippen molar-refractivity contribution >= 4 is 0 Å². The first-order valence-corrected chi connectivity index (χ1v) is 5.11. The Bertz CT molecular complexity index is 95.8. The Kier molecular flexibility index (Phi) is 7.51. The van der Waals surface area contributed by atoms with Gasteiger partial charge in [0.05, 0.1) is 0 Å². The minimum absolute atomic E-state index is 0.296. The summed E-state index contributed by atoms with van der Waals surface area (Å²) in [7, 11) is 0. The van der Waals surface area contributed by atoms with E-state index in [1.807, 2.05) is 0 Å². The standard InChI is InChI=1S/C10H23NO/c1-4-6-9(3)11-10(5-2)7-8-12/h9-12H,4-8H2,1-3H3. The van der Waals surface area contributed by atoms with Gasteiger partial charge in [-0.15, -0.1) is 0 Å². The number of hydrogen-bond donors (Lipinski definition) is 2. The van der Waals surface area contributed by atoms with Crippen LogP contribution in [0.15, 0.2) is 0 Å². The molecule has 2 nitrogen and oxygen atoms in total. The van der Waals surface area contributed by atoms with Crippen LogP contribution in [0.1, 0.15) is 46.5 Å². The number of nitrogens with one attached hydrogen (secondary N) is 1. The topological polar surface area (TPSA) is 32.3 Å². The summed E-state index contributed by atoms with van der Waals surface area (Å²) in [5.74, 6) is 0. The maximum Gasteiger partial charge on any atom is 0.0445 e. The highest BCUT2D eigenvalue weighted by atomic mass is 16.3. The van der Waals surface area contributed by atoms with Gasteiger partial charge in [-0.3, -0.25) is 0 Å². The highest BCUT2D eigenvalue weighted by Gasteiger charge is 2.08. The molecule has 74 valence electrons. The maximum absolute atomic E-state index is 8.77. The molecule has 0 aliphatic rings. The highest BCUT2D eigenvalue weighted by Crippen LogP contribution is 2.02. The fourth-order valence-electron chi connectivity index (χ4n) is 1.48. The van der Waals surface area contributed by atoms with E-state index < -0.39 is 0 Å². The van der Waals surface area contributed by atoms with Gasteiger partial charge in [-0.2, -0.15) is 0 Å². The van der Waals surface area contributed by atoms with Gasteiger partial charge in [0.25, 0.3) is 0 Å². The summed E-state index contributed by atoms with van der Waals surface area (Å²) in [6, 6.07) is 1.09. The van der Waals surface area contributed by atoms with Crippen molar-refractivity contribution < 1.29 is 5.11 Å². The zero-order chi connectivity index (χ0) is 9.40. The molecule has 0 saturated heterocycles. The van der Waals surface area contributed by atoms with Gasteiger partial charge in [0.15, 0.2) is 0 Å². The Balaban J connectivity index is 3.53. The molecule has 0 saturated carbocycles. The van der Waals surface area contributed by atoms with E-state index in [2.05, 4.69) is 26.1 Å². The predicted molar refractivity (Wildman–Crippen MR) is 53.3 cm³/mol. The SMILES string of the molecule is CCCC(C)NC(CC)CCO. The number of aliphatic hydroxyl groups is 1. The van der Waals surface area contributed by atoms with Gasteiger partial charge in [0.2, 0.25) is 0 Å². The third-order valence-corrected chi connectivity index (χ3v) is 2.21. The summed E-state index contributed by atoms with van der Waals surface area (Å²) in [4.78, 5) is 0. The van der Waals surface area contributed by atoms with Crippen molar-refractivity contribution in [3.05, 3.63) is 0 Å². The largest absolute Gasteiger partial charge is 0.396 e. The first-order valence-electron chi connectivity index (χ1n) is 5.11. The second-order valence-electron chi connectivity index (χ2n) is 3.47. The molecule has 2 heteroatoms. The molecule has 12 heavy (non-hydrogen) atoms. The van der Waals surface area contributed by atoms with Crippen LogP contribution < -0.4 is 5.32 Å². The van der Waals surface area contributed by atoms with Gasteiger partial charge in [-0.25, -0.2) is 0 Å². The van der Waals surface area contributed by atoms with Crippen molar-refractivity contribution in [2.75, 3.05) is 6.61 Å². The van der Waals surface area contributed by atoms with Gasteiger partial charge in [0.1, 0.15) is 0 Å². The fraction of sp³-hybridized carbons (Fsp3) is 1.00. The van der Waals surface area contributed by atoms with E-state index in [-0.39, 0.29) is 0 Å². The van der Waals surface area contributed by atoms with E-state index in [1.165, 1.54) is 12.8 Å². The van der Waals surface area contributed by atoms with Crippen molar-refractivity contribution in [1.29, 1.82) is 0 Å². The average Bonchev–Trinajstić information content (AvgIpc) is 2.04. The fourth-order valence-corrected chi connectivity index (χ4v) is 1.48. The molecule has 0 rings (SSSR count). The van der Waals surface area contributed by atoms with E-state index in [4.69, 9.17) is 5.11 Å². The van der Waals surface area contributed by atoms with Gasteiger partial charge >= 0.3 is 0 Å². The first kappa shape index (κ1) is 11.9. The van der Waals surface area contributed by atoms with Crippen LogP contribution in [0, 0.1) is 0 Å². The van der Waals surface area contributed by atoms with Crippen molar-refractivity contribution in [3.63, 3.8) is 0 Å². The molecule has 0 aliphatic heterocycles. The third-order valence-electron chi connectivity index (χ3n) is 2.21. The van der Waals surface area contributed by atoms with Gasteiger partial charge in [-0.1, -0.05) is 20.3 Å². The minimum atomic E-state index is 0.296. The molecule has 0 radical (unpaired) electrons. The van der Waals surface area contributed by atoms with Crippen LogP contribution in [-0.4, -0.2) is 23.8 Å². The predicted octanol–water partition coefficient (Wildman–Crippen LogP) is 1.93. The van der Waals surface area contributed by atoms with E-state index in [9.17, 15) is 0 Å². The summed E-state index contributed by atoms with van der Waals surface area (Å²) in [5, 5.41) is 12.3. The molecule has 0 aromatic rings. The lowest BCUT2D eigenvalue weighted by molar-refractivity contribution is 0.255. The Morgan fingerprint density at radius 3 is 2.33 bits per heavy atom. The van der Waals surface area contributed by atoms with Crippen molar-refractivity contribution in [3.8, 4) is 0 Å². The average molecular weight is 173 g/mol. The first-order chi connectivity index (χ1) is 5.74. The molecule has 2 atom stereocenters. The van der Waals surface area contributed by atoms with Crippen molar-refractivity contribution in [1.82, 2.24) is 5.32 Å². The summed E-state index contributed by atoms with van der Waals surface area (Å²) in [6.45, 7) is 6.87.